The standard InChI is InChI=1S/C21H31N9O2/c1-26-16-18(22-25-26)21(31)30-12-10-29(11-13-30)20-5-4-19(23-24-20)28-8-6-27(7-9-28)15-17-3-2-14-32-17/h4-5,16-17H,2-3,6-15H2,1H3. The van der Waals surface area contributed by atoms with E-state index < -0.39 is 0 Å². The average molecular weight is 442 g/mol. The fourth-order valence-electron chi connectivity index (χ4n) is 4.64. The molecule has 2 aromatic rings. The molecular weight excluding hydrogens is 410 g/mol. The minimum atomic E-state index is -0.0715. The van der Waals surface area contributed by atoms with Crippen molar-refractivity contribution in [3.8, 4) is 0 Å². The number of rotatable bonds is 5. The lowest BCUT2D eigenvalue weighted by molar-refractivity contribution is 0.0712. The molecule has 0 saturated carbocycles. The fraction of sp³-hybridized carbons (Fsp3) is 0.667. The Hall–Kier alpha value is -2.79. The Morgan fingerprint density at radius 1 is 0.969 bits per heavy atom. The van der Waals surface area contributed by atoms with Crippen molar-refractivity contribution in [3.05, 3.63) is 24.0 Å². The Kier molecular flexibility index (Phi) is 6.17. The lowest BCUT2D eigenvalue weighted by Crippen LogP contribution is -2.49. The number of anilines is 2. The summed E-state index contributed by atoms with van der Waals surface area (Å²) in [5.74, 6) is 1.72. The summed E-state index contributed by atoms with van der Waals surface area (Å²) in [6, 6.07) is 4.11. The van der Waals surface area contributed by atoms with Crippen molar-refractivity contribution in [2.24, 2.45) is 7.05 Å². The minimum absolute atomic E-state index is 0.0715. The van der Waals surface area contributed by atoms with E-state index in [1.165, 1.54) is 12.8 Å². The molecule has 1 atom stereocenters. The summed E-state index contributed by atoms with van der Waals surface area (Å²) in [7, 11) is 1.76. The van der Waals surface area contributed by atoms with Crippen LogP contribution in [0.4, 0.5) is 11.6 Å². The number of ether oxygens (including phenoxy) is 1. The second-order valence-corrected chi connectivity index (χ2v) is 8.73. The van der Waals surface area contributed by atoms with Gasteiger partial charge in [-0.2, -0.15) is 0 Å². The molecule has 5 heterocycles. The molecule has 5 rings (SSSR count). The van der Waals surface area contributed by atoms with Gasteiger partial charge in [-0.15, -0.1) is 15.3 Å². The molecular formula is C21H31N9O2. The second-order valence-electron chi connectivity index (χ2n) is 8.73. The van der Waals surface area contributed by atoms with E-state index in [1.54, 1.807) is 17.9 Å². The fourth-order valence-corrected chi connectivity index (χ4v) is 4.64. The van der Waals surface area contributed by atoms with Crippen molar-refractivity contribution < 1.29 is 9.53 Å². The van der Waals surface area contributed by atoms with Gasteiger partial charge < -0.3 is 19.4 Å². The van der Waals surface area contributed by atoms with Gasteiger partial charge in [0.15, 0.2) is 17.3 Å². The highest BCUT2D eigenvalue weighted by atomic mass is 16.5. The van der Waals surface area contributed by atoms with Crippen LogP contribution in [0.5, 0.6) is 0 Å². The monoisotopic (exact) mass is 441 g/mol. The van der Waals surface area contributed by atoms with Gasteiger partial charge in [-0.1, -0.05) is 5.21 Å². The van der Waals surface area contributed by atoms with E-state index >= 15 is 0 Å². The van der Waals surface area contributed by atoms with Crippen molar-refractivity contribution in [1.82, 2.24) is 35.0 Å². The molecule has 3 aliphatic rings. The van der Waals surface area contributed by atoms with E-state index in [2.05, 4.69) is 41.3 Å². The van der Waals surface area contributed by atoms with Crippen molar-refractivity contribution >= 4 is 17.5 Å². The zero-order chi connectivity index (χ0) is 21.9. The molecule has 0 aromatic carbocycles. The Morgan fingerprint density at radius 3 is 2.16 bits per heavy atom. The Labute approximate surface area is 187 Å². The number of aromatic nitrogens is 5. The summed E-state index contributed by atoms with van der Waals surface area (Å²) in [4.78, 5) is 21.3. The molecule has 1 amide bonds. The van der Waals surface area contributed by atoms with Crippen molar-refractivity contribution in [2.75, 3.05) is 75.3 Å². The zero-order valence-electron chi connectivity index (χ0n) is 18.6. The summed E-state index contributed by atoms with van der Waals surface area (Å²) < 4.78 is 7.32. The van der Waals surface area contributed by atoms with Crippen LogP contribution in [0.3, 0.4) is 0 Å². The largest absolute Gasteiger partial charge is 0.377 e. The van der Waals surface area contributed by atoms with E-state index in [9.17, 15) is 4.79 Å². The SMILES string of the molecule is Cn1cc(C(=O)N2CCN(c3ccc(N4CCN(CC5CCCO5)CC4)nn3)CC2)nn1. The molecule has 3 aliphatic heterocycles. The van der Waals surface area contributed by atoms with Gasteiger partial charge in [0.1, 0.15) is 0 Å². The molecule has 3 fully saturated rings. The summed E-state index contributed by atoms with van der Waals surface area (Å²) >= 11 is 0. The van der Waals surface area contributed by atoms with Crippen LogP contribution >= 0.6 is 0 Å². The number of carbonyl (C=O) groups excluding carboxylic acids is 1. The van der Waals surface area contributed by atoms with Gasteiger partial charge in [0.2, 0.25) is 0 Å². The van der Waals surface area contributed by atoms with Crippen molar-refractivity contribution in [1.29, 1.82) is 0 Å². The lowest BCUT2D eigenvalue weighted by Gasteiger charge is -2.36. The maximum Gasteiger partial charge on any atom is 0.276 e. The summed E-state index contributed by atoms with van der Waals surface area (Å²) in [5, 5.41) is 16.8. The summed E-state index contributed by atoms with van der Waals surface area (Å²) in [5.41, 5.74) is 0.390. The molecule has 0 radical (unpaired) electrons. The highest BCUT2D eigenvalue weighted by Crippen LogP contribution is 2.19. The first kappa shape index (κ1) is 21.1. The predicted molar refractivity (Wildman–Crippen MR) is 119 cm³/mol. The van der Waals surface area contributed by atoms with Gasteiger partial charge >= 0.3 is 0 Å². The quantitative estimate of drug-likeness (QED) is 0.629. The van der Waals surface area contributed by atoms with Gasteiger partial charge in [-0.3, -0.25) is 14.4 Å². The number of amides is 1. The van der Waals surface area contributed by atoms with Crippen LogP contribution in [0.2, 0.25) is 0 Å². The highest BCUT2D eigenvalue weighted by Gasteiger charge is 2.26. The molecule has 11 nitrogen and oxygen atoms in total. The van der Waals surface area contributed by atoms with E-state index in [0.717, 1.165) is 64.1 Å². The van der Waals surface area contributed by atoms with Crippen LogP contribution in [-0.4, -0.2) is 113 Å². The molecule has 1 unspecified atom stereocenters. The van der Waals surface area contributed by atoms with Crippen molar-refractivity contribution in [2.45, 2.75) is 18.9 Å². The molecule has 0 spiro atoms. The molecule has 0 bridgehead atoms. The smallest absolute Gasteiger partial charge is 0.276 e. The van der Waals surface area contributed by atoms with E-state index in [4.69, 9.17) is 4.74 Å². The molecule has 32 heavy (non-hydrogen) atoms. The number of carbonyl (C=O) groups is 1. The van der Waals surface area contributed by atoms with E-state index in [-0.39, 0.29) is 5.91 Å². The van der Waals surface area contributed by atoms with Gasteiger partial charge in [-0.25, -0.2) is 0 Å². The average Bonchev–Trinajstić information content (AvgIpc) is 3.51. The normalized spacial score (nSPS) is 22.5. The third-order valence-corrected chi connectivity index (χ3v) is 6.53. The first-order chi connectivity index (χ1) is 15.7. The van der Waals surface area contributed by atoms with Crippen molar-refractivity contribution in [3.63, 3.8) is 0 Å². The maximum atomic E-state index is 12.5. The Balaban J connectivity index is 1.10. The minimum Gasteiger partial charge on any atom is -0.377 e. The highest BCUT2D eigenvalue weighted by molar-refractivity contribution is 5.92. The number of hydrogen-bond acceptors (Lipinski definition) is 9. The predicted octanol–water partition coefficient (Wildman–Crippen LogP) is -0.131. The number of nitrogens with zero attached hydrogens (tertiary/aromatic N) is 9. The van der Waals surface area contributed by atoms with Gasteiger partial charge in [0.05, 0.1) is 12.3 Å². The van der Waals surface area contributed by atoms with Gasteiger partial charge in [0, 0.05) is 72.6 Å². The van der Waals surface area contributed by atoms with Gasteiger partial charge in [0.25, 0.3) is 5.91 Å². The first-order valence-electron chi connectivity index (χ1n) is 11.5. The second kappa shape index (κ2) is 9.37. The first-order valence-corrected chi connectivity index (χ1v) is 11.5. The van der Waals surface area contributed by atoms with Crippen LogP contribution in [0.15, 0.2) is 18.3 Å². The summed E-state index contributed by atoms with van der Waals surface area (Å²) in [6.07, 6.45) is 4.45. The topological polar surface area (TPSA) is 95.8 Å². The molecule has 2 aromatic heterocycles. The van der Waals surface area contributed by atoms with E-state index in [0.29, 0.717) is 24.9 Å². The lowest BCUT2D eigenvalue weighted by atomic mass is 10.2. The van der Waals surface area contributed by atoms with Crippen LogP contribution < -0.4 is 9.80 Å². The Bertz CT molecular complexity index is 896. The number of aryl methyl sites for hydroxylation is 1. The van der Waals surface area contributed by atoms with Gasteiger partial charge in [-0.05, 0) is 25.0 Å². The molecule has 0 N–H and O–H groups in total. The Morgan fingerprint density at radius 2 is 1.62 bits per heavy atom. The molecule has 3 saturated heterocycles. The number of hydrogen-bond donors (Lipinski definition) is 0. The maximum absolute atomic E-state index is 12.5. The van der Waals surface area contributed by atoms with Crippen LogP contribution in [0.25, 0.3) is 0 Å². The zero-order valence-corrected chi connectivity index (χ0v) is 18.6. The third kappa shape index (κ3) is 4.68. The van der Waals surface area contributed by atoms with Crippen LogP contribution in [0, 0.1) is 0 Å². The van der Waals surface area contributed by atoms with Crippen LogP contribution in [0.1, 0.15) is 23.3 Å². The molecule has 172 valence electrons. The number of piperazine rings is 2. The third-order valence-electron chi connectivity index (χ3n) is 6.53. The van der Waals surface area contributed by atoms with E-state index in [1.807, 2.05) is 11.0 Å². The van der Waals surface area contributed by atoms with Crippen LogP contribution in [-0.2, 0) is 11.8 Å². The molecule has 0 aliphatic carbocycles. The summed E-state index contributed by atoms with van der Waals surface area (Å²) in [6.45, 7) is 8.66. The molecule has 11 heteroatoms.